The third kappa shape index (κ3) is 3.01. The van der Waals surface area contributed by atoms with Crippen LogP contribution in [0.25, 0.3) is 0 Å². The summed E-state index contributed by atoms with van der Waals surface area (Å²) >= 11 is 0. The average molecular weight is 234 g/mol. The lowest BCUT2D eigenvalue weighted by atomic mass is 9.85. The zero-order valence-corrected chi connectivity index (χ0v) is 11.0. The van der Waals surface area contributed by atoms with E-state index in [1.54, 1.807) is 0 Å². The van der Waals surface area contributed by atoms with Crippen LogP contribution >= 0.6 is 0 Å². The Hall–Kier alpha value is -1.02. The summed E-state index contributed by atoms with van der Waals surface area (Å²) in [5.41, 5.74) is 2.59. The molecule has 0 spiro atoms. The Morgan fingerprint density at radius 1 is 1.35 bits per heavy atom. The summed E-state index contributed by atoms with van der Waals surface area (Å²) in [6.07, 6.45) is 2.53. The summed E-state index contributed by atoms with van der Waals surface area (Å²) in [6.45, 7) is 7.04. The predicted molar refractivity (Wildman–Crippen MR) is 69.4 cm³/mol. The molecule has 2 rings (SSSR count). The van der Waals surface area contributed by atoms with E-state index in [2.05, 4.69) is 39.0 Å². The molecule has 1 heterocycles. The van der Waals surface area contributed by atoms with E-state index < -0.39 is 0 Å². The molecule has 0 fully saturated rings. The van der Waals surface area contributed by atoms with Gasteiger partial charge in [-0.1, -0.05) is 32.9 Å². The van der Waals surface area contributed by atoms with Crippen LogP contribution in [-0.2, 0) is 12.8 Å². The molecule has 17 heavy (non-hydrogen) atoms. The highest BCUT2D eigenvalue weighted by Gasteiger charge is 2.21. The first kappa shape index (κ1) is 12.4. The summed E-state index contributed by atoms with van der Waals surface area (Å²) in [4.78, 5) is 0. The quantitative estimate of drug-likeness (QED) is 0.871. The number of aliphatic hydroxyl groups is 1. The van der Waals surface area contributed by atoms with E-state index in [1.807, 2.05) is 0 Å². The zero-order valence-electron chi connectivity index (χ0n) is 11.0. The fraction of sp³-hybridized carbons (Fsp3) is 0.600. The highest BCUT2D eigenvalue weighted by Crippen LogP contribution is 2.27. The van der Waals surface area contributed by atoms with Crippen LogP contribution in [0.4, 0.5) is 0 Å². The predicted octanol–water partition coefficient (Wildman–Crippen LogP) is 2.96. The second-order valence-corrected chi connectivity index (χ2v) is 5.96. The topological polar surface area (TPSA) is 29.5 Å². The summed E-state index contributed by atoms with van der Waals surface area (Å²) in [5, 5.41) is 10.0. The van der Waals surface area contributed by atoms with E-state index in [4.69, 9.17) is 4.74 Å². The fourth-order valence-electron chi connectivity index (χ4n) is 2.13. The van der Waals surface area contributed by atoms with Crippen molar-refractivity contribution in [2.75, 3.05) is 6.61 Å². The molecule has 0 aromatic heterocycles. The Kier molecular flexibility index (Phi) is 3.43. The molecule has 0 amide bonds. The molecule has 1 aromatic carbocycles. The molecule has 0 aliphatic carbocycles. The third-order valence-corrected chi connectivity index (χ3v) is 3.46. The second kappa shape index (κ2) is 4.69. The van der Waals surface area contributed by atoms with E-state index in [9.17, 15) is 5.11 Å². The summed E-state index contributed by atoms with van der Waals surface area (Å²) in [5.74, 6) is 1.03. The van der Waals surface area contributed by atoms with Gasteiger partial charge in [0.25, 0.3) is 0 Å². The lowest BCUT2D eigenvalue weighted by Gasteiger charge is -2.25. The maximum Gasteiger partial charge on any atom is 0.122 e. The molecule has 1 aliphatic rings. The van der Waals surface area contributed by atoms with Gasteiger partial charge in [-0.25, -0.2) is 0 Å². The van der Waals surface area contributed by atoms with Gasteiger partial charge >= 0.3 is 0 Å². The lowest BCUT2D eigenvalue weighted by molar-refractivity contribution is 0.0560. The molecule has 0 radical (unpaired) electrons. The summed E-state index contributed by atoms with van der Waals surface area (Å²) in [7, 11) is 0. The number of benzene rings is 1. The van der Waals surface area contributed by atoms with Gasteiger partial charge in [0.05, 0.1) is 12.7 Å². The smallest absolute Gasteiger partial charge is 0.122 e. The number of fused-ring (bicyclic) bond motifs is 1. The van der Waals surface area contributed by atoms with E-state index in [1.165, 1.54) is 11.1 Å². The number of ether oxygens (including phenoxy) is 1. The molecule has 1 unspecified atom stereocenters. The van der Waals surface area contributed by atoms with Gasteiger partial charge in [-0.3, -0.25) is 0 Å². The van der Waals surface area contributed by atoms with Crippen molar-refractivity contribution in [2.45, 2.75) is 46.1 Å². The highest BCUT2D eigenvalue weighted by molar-refractivity contribution is 5.39. The Morgan fingerprint density at radius 3 is 2.82 bits per heavy atom. The van der Waals surface area contributed by atoms with Crippen molar-refractivity contribution in [3.05, 3.63) is 29.3 Å². The van der Waals surface area contributed by atoms with Gasteiger partial charge in [0.1, 0.15) is 5.75 Å². The standard InChI is InChI=1S/C15H22O2/c1-15(2,3)14(16)7-5-11-4-6-13-12(10-11)8-9-17-13/h4,6,10,14,16H,5,7-9H2,1-3H3. The molecular formula is C15H22O2. The first-order valence-electron chi connectivity index (χ1n) is 6.39. The second-order valence-electron chi connectivity index (χ2n) is 5.96. The van der Waals surface area contributed by atoms with Crippen LogP contribution in [0.2, 0.25) is 0 Å². The first-order chi connectivity index (χ1) is 7.97. The molecule has 1 atom stereocenters. The van der Waals surface area contributed by atoms with Gasteiger partial charge in [0, 0.05) is 6.42 Å². The molecule has 0 bridgehead atoms. The van der Waals surface area contributed by atoms with Crippen LogP contribution in [0, 0.1) is 5.41 Å². The molecule has 0 saturated heterocycles. The molecule has 2 heteroatoms. The minimum atomic E-state index is -0.244. The van der Waals surface area contributed by atoms with Crippen molar-refractivity contribution in [1.82, 2.24) is 0 Å². The van der Waals surface area contributed by atoms with Gasteiger partial charge in [-0.15, -0.1) is 0 Å². The van der Waals surface area contributed by atoms with Crippen molar-refractivity contribution in [3.63, 3.8) is 0 Å². The lowest BCUT2D eigenvalue weighted by Crippen LogP contribution is -2.26. The van der Waals surface area contributed by atoms with Crippen LogP contribution in [0.3, 0.4) is 0 Å². The fourth-order valence-corrected chi connectivity index (χ4v) is 2.13. The molecular weight excluding hydrogens is 212 g/mol. The van der Waals surface area contributed by atoms with Crippen LogP contribution in [0.5, 0.6) is 5.75 Å². The minimum absolute atomic E-state index is 0.0279. The Balaban J connectivity index is 1.96. The number of hydrogen-bond donors (Lipinski definition) is 1. The maximum atomic E-state index is 10.0. The summed E-state index contributed by atoms with van der Waals surface area (Å²) < 4.78 is 5.48. The number of aryl methyl sites for hydroxylation is 1. The average Bonchev–Trinajstić information content (AvgIpc) is 2.71. The molecule has 0 saturated carbocycles. The van der Waals surface area contributed by atoms with Crippen LogP contribution < -0.4 is 4.74 Å². The third-order valence-electron chi connectivity index (χ3n) is 3.46. The van der Waals surface area contributed by atoms with Gasteiger partial charge in [0.15, 0.2) is 0 Å². The molecule has 2 nitrogen and oxygen atoms in total. The number of hydrogen-bond acceptors (Lipinski definition) is 2. The van der Waals surface area contributed by atoms with Gasteiger partial charge in [-0.05, 0) is 35.4 Å². The van der Waals surface area contributed by atoms with Gasteiger partial charge in [-0.2, -0.15) is 0 Å². The van der Waals surface area contributed by atoms with Gasteiger partial charge in [0.2, 0.25) is 0 Å². The first-order valence-corrected chi connectivity index (χ1v) is 6.39. The van der Waals surface area contributed by atoms with Crippen molar-refractivity contribution >= 4 is 0 Å². The number of aliphatic hydroxyl groups excluding tert-OH is 1. The molecule has 1 aromatic rings. The Morgan fingerprint density at radius 2 is 2.12 bits per heavy atom. The maximum absolute atomic E-state index is 10.0. The van der Waals surface area contributed by atoms with E-state index in [0.29, 0.717) is 0 Å². The van der Waals surface area contributed by atoms with Crippen LogP contribution in [0.1, 0.15) is 38.3 Å². The van der Waals surface area contributed by atoms with Crippen LogP contribution in [-0.4, -0.2) is 17.8 Å². The minimum Gasteiger partial charge on any atom is -0.493 e. The molecule has 1 aliphatic heterocycles. The van der Waals surface area contributed by atoms with Gasteiger partial charge < -0.3 is 9.84 Å². The molecule has 1 N–H and O–H groups in total. The van der Waals surface area contributed by atoms with E-state index in [-0.39, 0.29) is 11.5 Å². The monoisotopic (exact) mass is 234 g/mol. The van der Waals surface area contributed by atoms with Crippen molar-refractivity contribution in [3.8, 4) is 5.75 Å². The van der Waals surface area contributed by atoms with Crippen molar-refractivity contribution in [2.24, 2.45) is 5.41 Å². The summed E-state index contributed by atoms with van der Waals surface area (Å²) in [6, 6.07) is 6.39. The SMILES string of the molecule is CC(C)(C)C(O)CCc1ccc2c(c1)CCO2. The normalized spacial score (nSPS) is 16.5. The van der Waals surface area contributed by atoms with Crippen LogP contribution in [0.15, 0.2) is 18.2 Å². The largest absolute Gasteiger partial charge is 0.493 e. The van der Waals surface area contributed by atoms with Crippen molar-refractivity contribution in [1.29, 1.82) is 0 Å². The Bertz CT molecular complexity index is 390. The number of rotatable bonds is 3. The van der Waals surface area contributed by atoms with Crippen molar-refractivity contribution < 1.29 is 9.84 Å². The van der Waals surface area contributed by atoms with E-state index >= 15 is 0 Å². The van der Waals surface area contributed by atoms with E-state index in [0.717, 1.165) is 31.6 Å². The Labute approximate surface area is 104 Å². The highest BCUT2D eigenvalue weighted by atomic mass is 16.5. The molecule has 94 valence electrons. The zero-order chi connectivity index (χ0) is 12.5.